The summed E-state index contributed by atoms with van der Waals surface area (Å²) < 4.78 is 0. The van der Waals surface area contributed by atoms with E-state index in [2.05, 4.69) is 21.4 Å². The lowest BCUT2D eigenvalue weighted by atomic mass is 9.93. The lowest BCUT2D eigenvalue weighted by molar-refractivity contribution is -0.148. The standard InChI is InChI=1S/C35H47N9O8/c1-5-25(39-21(2)45)35(52)42-17-7-10-27(42)32(49)40-44(20-28(36)46)30(48)14-13-29(47)38-16-15-37-26-12-11-24-31-22(26)8-6-9-23(31)33(50)43(34(24)51)19-18-41(3)4/h6,8-9,11-12,25,27,37H,5,7,10,13-20H2,1-4H3,(H2,36,46)(H,38,47)(H,39,45)(H,40,49)/t25-,27-/m0/s1. The minimum absolute atomic E-state index is 0.177. The van der Waals surface area contributed by atoms with Crippen LogP contribution in [0.4, 0.5) is 5.69 Å². The third kappa shape index (κ3) is 9.39. The number of amides is 8. The summed E-state index contributed by atoms with van der Waals surface area (Å²) in [7, 11) is 3.74. The molecule has 2 aliphatic heterocycles. The quantitative estimate of drug-likeness (QED) is 0.0854. The van der Waals surface area contributed by atoms with Gasteiger partial charge in [-0.15, -0.1) is 0 Å². The van der Waals surface area contributed by atoms with E-state index in [1.165, 1.54) is 16.7 Å². The first-order chi connectivity index (χ1) is 24.7. The van der Waals surface area contributed by atoms with Crippen molar-refractivity contribution in [1.29, 1.82) is 0 Å². The van der Waals surface area contributed by atoms with Gasteiger partial charge in [0.2, 0.25) is 29.5 Å². The van der Waals surface area contributed by atoms with Gasteiger partial charge in [0.05, 0.1) is 0 Å². The molecule has 17 nitrogen and oxygen atoms in total. The fourth-order valence-corrected chi connectivity index (χ4v) is 6.29. The Labute approximate surface area is 301 Å². The van der Waals surface area contributed by atoms with Crippen LogP contribution in [-0.2, 0) is 28.8 Å². The predicted octanol–water partition coefficient (Wildman–Crippen LogP) is -0.443. The molecule has 0 aliphatic carbocycles. The van der Waals surface area contributed by atoms with Gasteiger partial charge in [0.1, 0.15) is 18.6 Å². The van der Waals surface area contributed by atoms with E-state index < -0.39 is 48.2 Å². The zero-order valence-corrected chi connectivity index (χ0v) is 30.0. The number of likely N-dealkylation sites (N-methyl/N-ethyl adjacent to an activating group) is 1. The molecule has 0 saturated carbocycles. The van der Waals surface area contributed by atoms with Gasteiger partial charge in [-0.1, -0.05) is 19.1 Å². The van der Waals surface area contributed by atoms with Gasteiger partial charge in [0, 0.05) is 80.1 Å². The molecule has 17 heteroatoms. The van der Waals surface area contributed by atoms with Gasteiger partial charge in [-0.25, -0.2) is 5.01 Å². The number of nitrogens with one attached hydrogen (secondary N) is 4. The third-order valence-corrected chi connectivity index (χ3v) is 8.87. The van der Waals surface area contributed by atoms with E-state index in [9.17, 15) is 38.4 Å². The number of hydrogen-bond acceptors (Lipinski definition) is 10. The number of nitrogens with two attached hydrogens (primary N) is 1. The molecule has 4 rings (SSSR count). The molecule has 52 heavy (non-hydrogen) atoms. The Kier molecular flexibility index (Phi) is 13.2. The molecule has 1 fully saturated rings. The second kappa shape index (κ2) is 17.6. The van der Waals surface area contributed by atoms with E-state index in [0.717, 1.165) is 5.01 Å². The van der Waals surface area contributed by atoms with Crippen molar-refractivity contribution in [3.05, 3.63) is 41.5 Å². The monoisotopic (exact) mass is 721 g/mol. The SMILES string of the molecule is CC[C@H](NC(C)=O)C(=O)N1CCC[C@H]1C(=O)NN(CC(N)=O)C(=O)CCC(=O)NCCNc1ccc2c3c(cccc13)C(=O)N(CCN(C)C)C2=O. The maximum atomic E-state index is 13.2. The predicted molar refractivity (Wildman–Crippen MR) is 190 cm³/mol. The van der Waals surface area contributed by atoms with Crippen LogP contribution >= 0.6 is 0 Å². The fraction of sp³-hybridized carbons (Fsp3) is 0.486. The van der Waals surface area contributed by atoms with E-state index in [1.807, 2.05) is 25.1 Å². The van der Waals surface area contributed by atoms with Crippen LogP contribution < -0.4 is 27.1 Å². The molecule has 0 radical (unpaired) electrons. The summed E-state index contributed by atoms with van der Waals surface area (Å²) in [6.07, 6.45) is 0.568. The van der Waals surface area contributed by atoms with Crippen LogP contribution in [0.2, 0.25) is 0 Å². The van der Waals surface area contributed by atoms with Crippen LogP contribution in [0.1, 0.15) is 66.7 Å². The van der Waals surface area contributed by atoms with Gasteiger partial charge in [0.25, 0.3) is 17.7 Å². The van der Waals surface area contributed by atoms with Crippen molar-refractivity contribution >= 4 is 63.7 Å². The van der Waals surface area contributed by atoms with Crippen LogP contribution in [0.15, 0.2) is 30.3 Å². The number of hydrogen-bond donors (Lipinski definition) is 5. The van der Waals surface area contributed by atoms with Crippen molar-refractivity contribution < 1.29 is 38.4 Å². The molecule has 280 valence electrons. The van der Waals surface area contributed by atoms with Crippen molar-refractivity contribution in [3.8, 4) is 0 Å². The number of likely N-dealkylation sites (tertiary alicyclic amines) is 1. The number of benzene rings is 2. The maximum absolute atomic E-state index is 13.2. The van der Waals surface area contributed by atoms with Crippen molar-refractivity contribution in [2.24, 2.45) is 5.73 Å². The van der Waals surface area contributed by atoms with Gasteiger partial charge < -0.3 is 31.5 Å². The average Bonchev–Trinajstić information content (AvgIpc) is 3.60. The minimum atomic E-state index is -0.930. The zero-order valence-electron chi connectivity index (χ0n) is 30.0. The highest BCUT2D eigenvalue weighted by atomic mass is 16.2. The highest BCUT2D eigenvalue weighted by Crippen LogP contribution is 2.34. The molecule has 2 heterocycles. The van der Waals surface area contributed by atoms with Gasteiger partial charge >= 0.3 is 0 Å². The van der Waals surface area contributed by atoms with Crippen LogP contribution in [-0.4, -0.2) is 132 Å². The maximum Gasteiger partial charge on any atom is 0.261 e. The molecule has 0 aromatic heterocycles. The zero-order chi connectivity index (χ0) is 38.1. The number of carbonyl (C=O) groups excluding carboxylic acids is 8. The first-order valence-electron chi connectivity index (χ1n) is 17.3. The highest BCUT2D eigenvalue weighted by Gasteiger charge is 2.38. The van der Waals surface area contributed by atoms with Gasteiger partial charge in [-0.3, -0.25) is 48.7 Å². The van der Waals surface area contributed by atoms with Crippen molar-refractivity contribution in [2.75, 3.05) is 58.7 Å². The number of hydrazine groups is 1. The van der Waals surface area contributed by atoms with E-state index in [0.29, 0.717) is 53.4 Å². The Morgan fingerprint density at radius 2 is 1.69 bits per heavy atom. The first kappa shape index (κ1) is 39.2. The van der Waals surface area contributed by atoms with Crippen LogP contribution in [0.5, 0.6) is 0 Å². The Hall–Kier alpha value is -5.58. The highest BCUT2D eigenvalue weighted by molar-refractivity contribution is 6.26. The molecule has 2 aromatic rings. The van der Waals surface area contributed by atoms with Crippen LogP contribution in [0, 0.1) is 0 Å². The fourth-order valence-electron chi connectivity index (χ4n) is 6.29. The van der Waals surface area contributed by atoms with E-state index in [4.69, 9.17) is 5.73 Å². The Bertz CT molecular complexity index is 1720. The molecule has 0 unspecified atom stereocenters. The lowest BCUT2D eigenvalue weighted by Crippen LogP contribution is -2.57. The second-order valence-electron chi connectivity index (χ2n) is 13.0. The average molecular weight is 722 g/mol. The molecule has 2 aliphatic rings. The number of imide groups is 1. The number of anilines is 1. The minimum Gasteiger partial charge on any atom is -0.383 e. The molecule has 1 saturated heterocycles. The van der Waals surface area contributed by atoms with Crippen molar-refractivity contribution in [3.63, 3.8) is 0 Å². The van der Waals surface area contributed by atoms with Crippen LogP contribution in [0.25, 0.3) is 10.8 Å². The molecular weight excluding hydrogens is 674 g/mol. The Balaban J connectivity index is 1.29. The summed E-state index contributed by atoms with van der Waals surface area (Å²) in [5.41, 5.74) is 9.26. The summed E-state index contributed by atoms with van der Waals surface area (Å²) in [6, 6.07) is 6.98. The van der Waals surface area contributed by atoms with Gasteiger partial charge in [-0.05, 0) is 51.6 Å². The van der Waals surface area contributed by atoms with Crippen molar-refractivity contribution in [1.82, 2.24) is 35.8 Å². The molecule has 6 N–H and O–H groups in total. The summed E-state index contributed by atoms with van der Waals surface area (Å²) >= 11 is 0. The lowest BCUT2D eigenvalue weighted by Gasteiger charge is -2.30. The third-order valence-electron chi connectivity index (χ3n) is 8.87. The summed E-state index contributed by atoms with van der Waals surface area (Å²) in [6.45, 7) is 3.94. The smallest absolute Gasteiger partial charge is 0.261 e. The van der Waals surface area contributed by atoms with Crippen molar-refractivity contribution in [2.45, 2.75) is 58.0 Å². The molecule has 0 spiro atoms. The van der Waals surface area contributed by atoms with E-state index >= 15 is 0 Å². The topological polar surface area (TPSA) is 224 Å². The summed E-state index contributed by atoms with van der Waals surface area (Å²) in [5.74, 6) is -4.28. The van der Waals surface area contributed by atoms with Gasteiger partial charge in [0.15, 0.2) is 0 Å². The number of nitrogens with zero attached hydrogens (tertiary/aromatic N) is 4. The molecule has 0 bridgehead atoms. The summed E-state index contributed by atoms with van der Waals surface area (Å²) in [5, 5.41) is 10.5. The molecular formula is C35H47N9O8. The van der Waals surface area contributed by atoms with E-state index in [-0.39, 0.29) is 56.7 Å². The Morgan fingerprint density at radius 3 is 2.35 bits per heavy atom. The normalized spacial score (nSPS) is 15.8. The number of carbonyl (C=O) groups is 8. The first-order valence-corrected chi connectivity index (χ1v) is 17.3. The largest absolute Gasteiger partial charge is 0.383 e. The molecule has 8 amide bonds. The van der Waals surface area contributed by atoms with Gasteiger partial charge in [-0.2, -0.15) is 0 Å². The van der Waals surface area contributed by atoms with Crippen LogP contribution in [0.3, 0.4) is 0 Å². The van der Waals surface area contributed by atoms with E-state index in [1.54, 1.807) is 31.2 Å². The molecule has 2 aromatic carbocycles. The number of primary amides is 1. The summed E-state index contributed by atoms with van der Waals surface area (Å²) in [4.78, 5) is 106. The number of rotatable bonds is 16. The second-order valence-corrected chi connectivity index (χ2v) is 13.0. The molecule has 2 atom stereocenters. The Morgan fingerprint density at radius 1 is 0.981 bits per heavy atom.